The van der Waals surface area contributed by atoms with Crippen molar-refractivity contribution in [2.45, 2.75) is 0 Å². The molecule has 8 heteroatoms. The molecule has 0 fully saturated rings. The number of imidazole rings is 1. The molecule has 0 saturated carbocycles. The molecule has 31 heavy (non-hydrogen) atoms. The molecule has 5 aromatic rings. The lowest BCUT2D eigenvalue weighted by atomic mass is 10.1. The summed E-state index contributed by atoms with van der Waals surface area (Å²) in [5.41, 5.74) is 4.11. The molecule has 0 aliphatic carbocycles. The zero-order valence-electron chi connectivity index (χ0n) is 16.9. The molecule has 0 aliphatic rings. The van der Waals surface area contributed by atoms with Crippen molar-refractivity contribution in [2.75, 3.05) is 19.5 Å². The highest BCUT2D eigenvalue weighted by molar-refractivity contribution is 5.75. The number of nitrogens with zero attached hydrogens (tertiary/aromatic N) is 4. The number of oxazole rings is 1. The lowest BCUT2D eigenvalue weighted by Crippen LogP contribution is -2.01. The Balaban J connectivity index is 1.56. The van der Waals surface area contributed by atoms with Crippen molar-refractivity contribution in [3.8, 4) is 34.2 Å². The fourth-order valence-electron chi connectivity index (χ4n) is 3.38. The molecule has 0 unspecified atom stereocenters. The van der Waals surface area contributed by atoms with Crippen LogP contribution in [0.4, 0.5) is 11.5 Å². The summed E-state index contributed by atoms with van der Waals surface area (Å²) in [7, 11) is 3.21. The first-order valence-corrected chi connectivity index (χ1v) is 9.58. The number of ether oxygens (including phenoxy) is 2. The fraction of sp³-hybridized carbons (Fsp3) is 0.0870. The third-order valence-electron chi connectivity index (χ3n) is 4.86. The lowest BCUT2D eigenvalue weighted by molar-refractivity contribution is 0.355. The van der Waals surface area contributed by atoms with Crippen molar-refractivity contribution in [3.63, 3.8) is 0 Å². The third kappa shape index (κ3) is 3.55. The number of hydrogen-bond acceptors (Lipinski definition) is 7. The van der Waals surface area contributed by atoms with E-state index >= 15 is 0 Å². The first kappa shape index (κ1) is 18.7. The summed E-state index contributed by atoms with van der Waals surface area (Å²) < 4.78 is 18.1. The van der Waals surface area contributed by atoms with Gasteiger partial charge in [-0.3, -0.25) is 0 Å². The quantitative estimate of drug-likeness (QED) is 0.427. The van der Waals surface area contributed by atoms with Crippen LogP contribution in [0.25, 0.3) is 28.4 Å². The van der Waals surface area contributed by atoms with Gasteiger partial charge < -0.3 is 23.6 Å². The number of methoxy groups -OCH3 is 2. The minimum absolute atomic E-state index is 0.564. The molecule has 0 saturated heterocycles. The predicted octanol–water partition coefficient (Wildman–Crippen LogP) is 4.81. The van der Waals surface area contributed by atoms with Crippen molar-refractivity contribution in [1.29, 1.82) is 0 Å². The summed E-state index contributed by atoms with van der Waals surface area (Å²) >= 11 is 0. The Morgan fingerprint density at radius 2 is 1.81 bits per heavy atom. The van der Waals surface area contributed by atoms with Gasteiger partial charge in [0, 0.05) is 41.5 Å². The van der Waals surface area contributed by atoms with E-state index in [0.29, 0.717) is 28.9 Å². The minimum Gasteiger partial charge on any atom is -0.493 e. The normalized spacial score (nSPS) is 10.9. The van der Waals surface area contributed by atoms with Crippen LogP contribution in [0.15, 0.2) is 77.9 Å². The maximum absolute atomic E-state index is 5.43. The lowest BCUT2D eigenvalue weighted by Gasteiger charge is -2.13. The Hall–Kier alpha value is -4.33. The molecule has 0 atom stereocenters. The van der Waals surface area contributed by atoms with Crippen LogP contribution >= 0.6 is 0 Å². The SMILES string of the molecule is COc1ccc(Nc2nc(-c3cccc(-c4ncco4)c3)cn3ccnc23)cc1OC. The number of rotatable bonds is 6. The molecular formula is C23H19N5O3. The second kappa shape index (κ2) is 7.83. The molecule has 0 amide bonds. The van der Waals surface area contributed by atoms with Crippen LogP contribution in [0.3, 0.4) is 0 Å². The summed E-state index contributed by atoms with van der Waals surface area (Å²) in [6.07, 6.45) is 8.75. The number of nitrogens with one attached hydrogen (secondary N) is 1. The zero-order valence-corrected chi connectivity index (χ0v) is 16.9. The van der Waals surface area contributed by atoms with Gasteiger partial charge in [0.05, 0.1) is 26.1 Å². The van der Waals surface area contributed by atoms with E-state index in [1.807, 2.05) is 59.3 Å². The van der Waals surface area contributed by atoms with Crippen LogP contribution in [0.1, 0.15) is 0 Å². The van der Waals surface area contributed by atoms with Gasteiger partial charge in [0.1, 0.15) is 6.26 Å². The molecule has 0 bridgehead atoms. The van der Waals surface area contributed by atoms with Gasteiger partial charge in [-0.2, -0.15) is 0 Å². The van der Waals surface area contributed by atoms with Gasteiger partial charge in [0.15, 0.2) is 23.0 Å². The van der Waals surface area contributed by atoms with Gasteiger partial charge in [0.25, 0.3) is 0 Å². The van der Waals surface area contributed by atoms with E-state index in [0.717, 1.165) is 22.5 Å². The Morgan fingerprint density at radius 3 is 2.61 bits per heavy atom. The van der Waals surface area contributed by atoms with Gasteiger partial charge in [-0.1, -0.05) is 12.1 Å². The summed E-state index contributed by atoms with van der Waals surface area (Å²) in [4.78, 5) is 13.5. The predicted molar refractivity (Wildman–Crippen MR) is 117 cm³/mol. The topological polar surface area (TPSA) is 86.7 Å². The van der Waals surface area contributed by atoms with Crippen molar-refractivity contribution < 1.29 is 13.9 Å². The average Bonchev–Trinajstić information content (AvgIpc) is 3.51. The molecule has 3 heterocycles. The first-order chi connectivity index (χ1) is 15.2. The molecule has 0 spiro atoms. The van der Waals surface area contributed by atoms with E-state index in [1.165, 1.54) is 0 Å². The summed E-state index contributed by atoms with van der Waals surface area (Å²) in [5.74, 6) is 2.47. The van der Waals surface area contributed by atoms with Gasteiger partial charge >= 0.3 is 0 Å². The summed E-state index contributed by atoms with van der Waals surface area (Å²) in [6, 6.07) is 13.5. The van der Waals surface area contributed by atoms with Crippen LogP contribution in [0.5, 0.6) is 11.5 Å². The van der Waals surface area contributed by atoms with Crippen LogP contribution in [-0.2, 0) is 0 Å². The molecule has 5 rings (SSSR count). The average molecular weight is 413 g/mol. The number of hydrogen-bond donors (Lipinski definition) is 1. The number of benzene rings is 2. The molecular weight excluding hydrogens is 394 g/mol. The molecule has 154 valence electrons. The first-order valence-electron chi connectivity index (χ1n) is 9.58. The Bertz CT molecular complexity index is 1340. The smallest absolute Gasteiger partial charge is 0.225 e. The summed E-state index contributed by atoms with van der Waals surface area (Å²) in [5, 5.41) is 3.35. The highest BCUT2D eigenvalue weighted by Gasteiger charge is 2.12. The van der Waals surface area contributed by atoms with Crippen LogP contribution in [0, 0.1) is 0 Å². The largest absolute Gasteiger partial charge is 0.493 e. The van der Waals surface area contributed by atoms with Crippen molar-refractivity contribution in [3.05, 3.63) is 73.5 Å². The van der Waals surface area contributed by atoms with Crippen LogP contribution < -0.4 is 14.8 Å². The van der Waals surface area contributed by atoms with Gasteiger partial charge in [-0.25, -0.2) is 15.0 Å². The molecule has 0 aliphatic heterocycles. The second-order valence-corrected chi connectivity index (χ2v) is 6.75. The Morgan fingerprint density at radius 1 is 0.935 bits per heavy atom. The van der Waals surface area contributed by atoms with E-state index in [2.05, 4.69) is 15.3 Å². The Kier molecular flexibility index (Phi) is 4.72. The molecule has 1 N–H and O–H groups in total. The highest BCUT2D eigenvalue weighted by atomic mass is 16.5. The highest BCUT2D eigenvalue weighted by Crippen LogP contribution is 2.32. The fourth-order valence-corrected chi connectivity index (χ4v) is 3.38. The Labute approximate surface area is 178 Å². The van der Waals surface area contributed by atoms with E-state index in [9.17, 15) is 0 Å². The van der Waals surface area contributed by atoms with E-state index in [4.69, 9.17) is 18.9 Å². The molecule has 2 aromatic carbocycles. The molecule has 8 nitrogen and oxygen atoms in total. The van der Waals surface area contributed by atoms with Crippen molar-refractivity contribution in [2.24, 2.45) is 0 Å². The molecule has 0 radical (unpaired) electrons. The van der Waals surface area contributed by atoms with Gasteiger partial charge in [0.2, 0.25) is 5.89 Å². The standard InChI is InChI=1S/C23H19N5O3/c1-29-19-7-6-17(13-20(19)30-2)26-21-22-24-8-10-28(22)14-18(27-21)15-4-3-5-16(12-15)23-25-9-11-31-23/h3-14H,1-2H3,(H,26,27). The van der Waals surface area contributed by atoms with Crippen LogP contribution in [0.2, 0.25) is 0 Å². The number of aromatic nitrogens is 4. The van der Waals surface area contributed by atoms with E-state index < -0.39 is 0 Å². The number of fused-ring (bicyclic) bond motifs is 1. The number of anilines is 2. The van der Waals surface area contributed by atoms with Gasteiger partial charge in [-0.05, 0) is 24.3 Å². The molecule has 3 aromatic heterocycles. The third-order valence-corrected chi connectivity index (χ3v) is 4.86. The van der Waals surface area contributed by atoms with Crippen molar-refractivity contribution >= 4 is 17.2 Å². The van der Waals surface area contributed by atoms with Crippen LogP contribution in [-0.4, -0.2) is 33.6 Å². The monoisotopic (exact) mass is 413 g/mol. The van der Waals surface area contributed by atoms with E-state index in [1.54, 1.807) is 32.9 Å². The maximum Gasteiger partial charge on any atom is 0.225 e. The zero-order chi connectivity index (χ0) is 21.2. The van der Waals surface area contributed by atoms with E-state index in [-0.39, 0.29) is 0 Å². The van der Waals surface area contributed by atoms with Gasteiger partial charge in [-0.15, -0.1) is 0 Å². The summed E-state index contributed by atoms with van der Waals surface area (Å²) in [6.45, 7) is 0. The maximum atomic E-state index is 5.43. The van der Waals surface area contributed by atoms with Crippen molar-refractivity contribution in [1.82, 2.24) is 19.4 Å². The second-order valence-electron chi connectivity index (χ2n) is 6.75. The minimum atomic E-state index is 0.564.